The van der Waals surface area contributed by atoms with Gasteiger partial charge >= 0.3 is 0 Å². The number of benzene rings is 2. The summed E-state index contributed by atoms with van der Waals surface area (Å²) in [7, 11) is 0. The van der Waals surface area contributed by atoms with Crippen LogP contribution in [0, 0.1) is 0 Å². The van der Waals surface area contributed by atoms with Gasteiger partial charge in [0, 0.05) is 34.1 Å². The summed E-state index contributed by atoms with van der Waals surface area (Å²) in [5.41, 5.74) is 2.31. The van der Waals surface area contributed by atoms with E-state index in [1.54, 1.807) is 0 Å². The lowest BCUT2D eigenvalue weighted by molar-refractivity contribution is -0.123. The van der Waals surface area contributed by atoms with E-state index in [1.165, 1.54) is 5.56 Å². The molecular formula is C20H19ClN2O2. The number of aromatic amines is 1. The van der Waals surface area contributed by atoms with E-state index in [0.29, 0.717) is 12.3 Å². The van der Waals surface area contributed by atoms with Gasteiger partial charge in [-0.05, 0) is 48.7 Å². The Hall–Kier alpha value is -2.46. The molecule has 0 radical (unpaired) electrons. The number of ether oxygens (including phenoxy) is 1. The van der Waals surface area contributed by atoms with E-state index in [4.69, 9.17) is 16.3 Å². The molecule has 1 aromatic heterocycles. The van der Waals surface area contributed by atoms with Crippen molar-refractivity contribution in [3.63, 3.8) is 0 Å². The lowest BCUT2D eigenvalue weighted by Crippen LogP contribution is -2.35. The Bertz CT molecular complexity index is 900. The molecule has 4 nitrogen and oxygen atoms in total. The summed E-state index contributed by atoms with van der Waals surface area (Å²) >= 11 is 6.14. The van der Waals surface area contributed by atoms with Crippen molar-refractivity contribution >= 4 is 28.4 Å². The Morgan fingerprint density at radius 1 is 1.20 bits per heavy atom. The number of nitrogens with one attached hydrogen (secondary N) is 2. The van der Waals surface area contributed by atoms with Gasteiger partial charge in [-0.25, -0.2) is 0 Å². The van der Waals surface area contributed by atoms with Crippen LogP contribution in [0.4, 0.5) is 0 Å². The SMILES string of the molecule is O=C(COc1ccccc1)NCC1(c2c[nH]c3ccc(Cl)cc23)CC1. The summed E-state index contributed by atoms with van der Waals surface area (Å²) in [6, 6.07) is 15.2. The predicted octanol–water partition coefficient (Wildman–Crippen LogP) is 4.05. The number of para-hydroxylation sites is 1. The minimum atomic E-state index is -0.104. The first-order chi connectivity index (χ1) is 12.2. The molecule has 0 saturated heterocycles. The van der Waals surface area contributed by atoms with Gasteiger partial charge in [0.2, 0.25) is 0 Å². The Morgan fingerprint density at radius 3 is 2.76 bits per heavy atom. The summed E-state index contributed by atoms with van der Waals surface area (Å²) in [5, 5.41) is 4.88. The van der Waals surface area contributed by atoms with Crippen LogP contribution in [0.3, 0.4) is 0 Å². The van der Waals surface area contributed by atoms with Crippen LogP contribution in [-0.4, -0.2) is 24.0 Å². The maximum atomic E-state index is 12.1. The van der Waals surface area contributed by atoms with Crippen molar-refractivity contribution in [1.82, 2.24) is 10.3 Å². The lowest BCUT2D eigenvalue weighted by atomic mass is 9.95. The average Bonchev–Trinajstić information content (AvgIpc) is 3.31. The largest absolute Gasteiger partial charge is 0.484 e. The van der Waals surface area contributed by atoms with Crippen LogP contribution in [-0.2, 0) is 10.2 Å². The zero-order valence-electron chi connectivity index (χ0n) is 13.7. The van der Waals surface area contributed by atoms with Crippen LogP contribution in [0.25, 0.3) is 10.9 Å². The molecule has 4 rings (SSSR count). The highest BCUT2D eigenvalue weighted by Crippen LogP contribution is 2.50. The zero-order chi connectivity index (χ0) is 17.3. The number of halogens is 1. The second-order valence-corrected chi connectivity index (χ2v) is 6.99. The maximum absolute atomic E-state index is 12.1. The molecule has 1 aliphatic carbocycles. The first kappa shape index (κ1) is 16.0. The van der Waals surface area contributed by atoms with Crippen molar-refractivity contribution in [3.8, 4) is 5.75 Å². The highest BCUT2D eigenvalue weighted by molar-refractivity contribution is 6.31. The van der Waals surface area contributed by atoms with Gasteiger partial charge in [0.05, 0.1) is 0 Å². The van der Waals surface area contributed by atoms with Gasteiger partial charge in [0.1, 0.15) is 5.75 Å². The van der Waals surface area contributed by atoms with Gasteiger partial charge in [-0.3, -0.25) is 4.79 Å². The Morgan fingerprint density at radius 2 is 2.00 bits per heavy atom. The Labute approximate surface area is 151 Å². The lowest BCUT2D eigenvalue weighted by Gasteiger charge is -2.16. The minimum Gasteiger partial charge on any atom is -0.484 e. The number of hydrogen-bond acceptors (Lipinski definition) is 2. The summed E-state index contributed by atoms with van der Waals surface area (Å²) in [5.74, 6) is 0.595. The van der Waals surface area contributed by atoms with Gasteiger partial charge in [0.15, 0.2) is 6.61 Å². The molecule has 0 spiro atoms. The molecule has 2 aromatic carbocycles. The molecule has 5 heteroatoms. The molecule has 3 aromatic rings. The molecule has 1 amide bonds. The number of fused-ring (bicyclic) bond motifs is 1. The third-order valence-corrected chi connectivity index (χ3v) is 5.04. The minimum absolute atomic E-state index is 0.00530. The number of amides is 1. The fourth-order valence-corrected chi connectivity index (χ4v) is 3.38. The number of carbonyl (C=O) groups excluding carboxylic acids is 1. The van der Waals surface area contributed by atoms with Crippen molar-refractivity contribution in [2.24, 2.45) is 0 Å². The predicted molar refractivity (Wildman–Crippen MR) is 99.2 cm³/mol. The molecule has 128 valence electrons. The normalized spacial score (nSPS) is 15.1. The molecule has 0 bridgehead atoms. The van der Waals surface area contributed by atoms with E-state index in [2.05, 4.69) is 10.3 Å². The van der Waals surface area contributed by atoms with Crippen molar-refractivity contribution in [2.75, 3.05) is 13.2 Å². The maximum Gasteiger partial charge on any atom is 0.257 e. The van der Waals surface area contributed by atoms with E-state index in [0.717, 1.165) is 28.8 Å². The summed E-state index contributed by atoms with van der Waals surface area (Å²) in [6.07, 6.45) is 4.17. The number of aromatic nitrogens is 1. The molecule has 0 unspecified atom stereocenters. The monoisotopic (exact) mass is 354 g/mol. The van der Waals surface area contributed by atoms with Crippen LogP contribution in [0.15, 0.2) is 54.7 Å². The standard InChI is InChI=1S/C20H19ClN2O2/c21-14-6-7-18-16(10-14)17(11-22-18)20(8-9-20)13-23-19(24)12-25-15-4-2-1-3-5-15/h1-7,10-11,22H,8-9,12-13H2,(H,23,24). The molecule has 1 heterocycles. The molecule has 1 fully saturated rings. The van der Waals surface area contributed by atoms with Crippen molar-refractivity contribution < 1.29 is 9.53 Å². The number of rotatable bonds is 6. The van der Waals surface area contributed by atoms with Gasteiger partial charge < -0.3 is 15.0 Å². The molecule has 1 saturated carbocycles. The first-order valence-corrected chi connectivity index (χ1v) is 8.76. The molecule has 25 heavy (non-hydrogen) atoms. The van der Waals surface area contributed by atoms with Gasteiger partial charge in [-0.1, -0.05) is 29.8 Å². The molecule has 0 atom stereocenters. The molecular weight excluding hydrogens is 336 g/mol. The highest BCUT2D eigenvalue weighted by atomic mass is 35.5. The quantitative estimate of drug-likeness (QED) is 0.701. The molecule has 2 N–H and O–H groups in total. The second kappa shape index (κ2) is 6.45. The third kappa shape index (κ3) is 3.35. The number of H-pyrrole nitrogens is 1. The van der Waals surface area contributed by atoms with Crippen molar-refractivity contribution in [3.05, 3.63) is 65.3 Å². The fraction of sp³-hybridized carbons (Fsp3) is 0.250. The first-order valence-electron chi connectivity index (χ1n) is 8.38. The molecule has 1 aliphatic rings. The number of carbonyl (C=O) groups is 1. The van der Waals surface area contributed by atoms with E-state index in [1.807, 2.05) is 54.7 Å². The topological polar surface area (TPSA) is 54.1 Å². The Balaban J connectivity index is 1.40. The Kier molecular flexibility index (Phi) is 4.14. The van der Waals surface area contributed by atoms with Gasteiger partial charge in [-0.2, -0.15) is 0 Å². The highest BCUT2D eigenvalue weighted by Gasteiger charge is 2.45. The van der Waals surface area contributed by atoms with E-state index >= 15 is 0 Å². The van der Waals surface area contributed by atoms with E-state index in [-0.39, 0.29) is 17.9 Å². The zero-order valence-corrected chi connectivity index (χ0v) is 14.5. The van der Waals surface area contributed by atoms with Crippen LogP contribution in [0.5, 0.6) is 5.75 Å². The average molecular weight is 355 g/mol. The van der Waals surface area contributed by atoms with Gasteiger partial charge in [0.25, 0.3) is 5.91 Å². The summed E-state index contributed by atoms with van der Waals surface area (Å²) in [6.45, 7) is 0.642. The van der Waals surface area contributed by atoms with E-state index < -0.39 is 0 Å². The van der Waals surface area contributed by atoms with Crippen molar-refractivity contribution in [2.45, 2.75) is 18.3 Å². The smallest absolute Gasteiger partial charge is 0.257 e. The van der Waals surface area contributed by atoms with Crippen LogP contribution < -0.4 is 10.1 Å². The summed E-state index contributed by atoms with van der Waals surface area (Å²) < 4.78 is 5.49. The van der Waals surface area contributed by atoms with Gasteiger partial charge in [-0.15, -0.1) is 0 Å². The second-order valence-electron chi connectivity index (χ2n) is 6.55. The number of hydrogen-bond donors (Lipinski definition) is 2. The van der Waals surface area contributed by atoms with E-state index in [9.17, 15) is 4.79 Å². The third-order valence-electron chi connectivity index (χ3n) is 4.81. The van der Waals surface area contributed by atoms with Crippen molar-refractivity contribution in [1.29, 1.82) is 0 Å². The van der Waals surface area contributed by atoms with Crippen LogP contribution in [0.2, 0.25) is 5.02 Å². The van der Waals surface area contributed by atoms with Crippen LogP contribution in [0.1, 0.15) is 18.4 Å². The van der Waals surface area contributed by atoms with Crippen LogP contribution >= 0.6 is 11.6 Å². The fourth-order valence-electron chi connectivity index (χ4n) is 3.21. The molecule has 0 aliphatic heterocycles. The summed E-state index contributed by atoms with van der Waals surface area (Å²) in [4.78, 5) is 15.4.